The van der Waals surface area contributed by atoms with Crippen LogP contribution in [0.1, 0.15) is 37.8 Å². The summed E-state index contributed by atoms with van der Waals surface area (Å²) in [6, 6.07) is 8.55. The smallest absolute Gasteiger partial charge is 0.0717 e. The zero-order valence-electron chi connectivity index (χ0n) is 11.1. The van der Waals surface area contributed by atoms with Crippen molar-refractivity contribution in [2.75, 3.05) is 13.2 Å². The van der Waals surface area contributed by atoms with Crippen molar-refractivity contribution < 1.29 is 4.74 Å². The van der Waals surface area contributed by atoms with E-state index in [1.54, 1.807) is 0 Å². The van der Waals surface area contributed by atoms with Gasteiger partial charge in [0, 0.05) is 6.61 Å². The molecule has 0 spiro atoms. The summed E-state index contributed by atoms with van der Waals surface area (Å²) in [5.74, 6) is 0.663. The molecule has 0 saturated heterocycles. The lowest BCUT2D eigenvalue weighted by Gasteiger charge is -2.11. The number of hydrogen-bond acceptors (Lipinski definition) is 2. The summed E-state index contributed by atoms with van der Waals surface area (Å²) in [4.78, 5) is 0. The molecular formula is C15H25NO. The third kappa shape index (κ3) is 5.85. The lowest BCUT2D eigenvalue weighted by molar-refractivity contribution is 0.0893. The Morgan fingerprint density at radius 1 is 1.18 bits per heavy atom. The number of rotatable bonds is 8. The highest BCUT2D eigenvalue weighted by atomic mass is 16.5. The number of benzene rings is 1. The maximum Gasteiger partial charge on any atom is 0.0717 e. The van der Waals surface area contributed by atoms with Crippen LogP contribution >= 0.6 is 0 Å². The van der Waals surface area contributed by atoms with Crippen molar-refractivity contribution in [2.24, 2.45) is 11.7 Å². The van der Waals surface area contributed by atoms with Crippen molar-refractivity contribution >= 4 is 0 Å². The fourth-order valence-electron chi connectivity index (χ4n) is 1.92. The molecule has 0 heterocycles. The minimum atomic E-state index is 0.663. The van der Waals surface area contributed by atoms with E-state index < -0.39 is 0 Å². The summed E-state index contributed by atoms with van der Waals surface area (Å²) >= 11 is 0. The standard InChI is InChI=1S/C15H25NO/c1-3-4-13(2)11-17-12-15-7-5-14(6-8-15)9-10-16/h5-8,13H,3-4,9-12,16H2,1-2H3. The SMILES string of the molecule is CCCC(C)COCc1ccc(CCN)cc1. The molecule has 1 aromatic carbocycles. The molecule has 1 aromatic rings. The predicted octanol–water partition coefficient (Wildman–Crippen LogP) is 3.14. The highest BCUT2D eigenvalue weighted by molar-refractivity contribution is 5.22. The average Bonchev–Trinajstić information content (AvgIpc) is 2.32. The van der Waals surface area contributed by atoms with E-state index in [0.717, 1.165) is 19.6 Å². The van der Waals surface area contributed by atoms with E-state index in [0.29, 0.717) is 12.5 Å². The Morgan fingerprint density at radius 2 is 1.82 bits per heavy atom. The van der Waals surface area contributed by atoms with Gasteiger partial charge >= 0.3 is 0 Å². The highest BCUT2D eigenvalue weighted by Gasteiger charge is 2.01. The van der Waals surface area contributed by atoms with Gasteiger partial charge in [-0.05, 0) is 36.4 Å². The van der Waals surface area contributed by atoms with Gasteiger partial charge in [0.25, 0.3) is 0 Å². The third-order valence-corrected chi connectivity index (χ3v) is 2.91. The second-order valence-electron chi connectivity index (χ2n) is 4.76. The van der Waals surface area contributed by atoms with Crippen molar-refractivity contribution in [3.8, 4) is 0 Å². The van der Waals surface area contributed by atoms with Crippen LogP contribution in [0.4, 0.5) is 0 Å². The average molecular weight is 235 g/mol. The second-order valence-corrected chi connectivity index (χ2v) is 4.76. The van der Waals surface area contributed by atoms with Gasteiger partial charge < -0.3 is 10.5 Å². The van der Waals surface area contributed by atoms with Crippen LogP contribution in [0.2, 0.25) is 0 Å². The van der Waals surface area contributed by atoms with Crippen molar-refractivity contribution in [1.82, 2.24) is 0 Å². The van der Waals surface area contributed by atoms with Gasteiger partial charge in [-0.15, -0.1) is 0 Å². The Labute approximate surface area is 105 Å². The Hall–Kier alpha value is -0.860. The lowest BCUT2D eigenvalue weighted by atomic mass is 10.1. The molecular weight excluding hydrogens is 210 g/mol. The summed E-state index contributed by atoms with van der Waals surface area (Å²) in [5, 5.41) is 0. The minimum Gasteiger partial charge on any atom is -0.376 e. The Balaban J connectivity index is 2.27. The van der Waals surface area contributed by atoms with Crippen molar-refractivity contribution in [2.45, 2.75) is 39.7 Å². The predicted molar refractivity (Wildman–Crippen MR) is 72.9 cm³/mol. The van der Waals surface area contributed by atoms with E-state index in [9.17, 15) is 0 Å². The monoisotopic (exact) mass is 235 g/mol. The molecule has 0 aliphatic heterocycles. The molecule has 2 nitrogen and oxygen atoms in total. The van der Waals surface area contributed by atoms with Crippen LogP contribution in [-0.4, -0.2) is 13.2 Å². The molecule has 1 unspecified atom stereocenters. The lowest BCUT2D eigenvalue weighted by Crippen LogP contribution is -2.06. The summed E-state index contributed by atoms with van der Waals surface area (Å²) < 4.78 is 5.71. The molecule has 0 saturated carbocycles. The highest BCUT2D eigenvalue weighted by Crippen LogP contribution is 2.09. The van der Waals surface area contributed by atoms with E-state index >= 15 is 0 Å². The first-order valence-corrected chi connectivity index (χ1v) is 6.62. The van der Waals surface area contributed by atoms with E-state index in [-0.39, 0.29) is 0 Å². The van der Waals surface area contributed by atoms with Crippen molar-refractivity contribution in [1.29, 1.82) is 0 Å². The molecule has 0 aliphatic carbocycles. The normalized spacial score (nSPS) is 12.6. The Kier molecular flexibility index (Phi) is 6.90. The van der Waals surface area contributed by atoms with Gasteiger partial charge in [0.05, 0.1) is 6.61 Å². The summed E-state index contributed by atoms with van der Waals surface area (Å²) in [5.41, 5.74) is 8.06. The van der Waals surface area contributed by atoms with Crippen LogP contribution in [0.3, 0.4) is 0 Å². The summed E-state index contributed by atoms with van der Waals surface area (Å²) in [6.45, 7) is 6.75. The van der Waals surface area contributed by atoms with Gasteiger partial charge in [0.2, 0.25) is 0 Å². The second kappa shape index (κ2) is 8.26. The van der Waals surface area contributed by atoms with Gasteiger partial charge in [-0.25, -0.2) is 0 Å². The number of nitrogens with two attached hydrogens (primary N) is 1. The molecule has 2 N–H and O–H groups in total. The zero-order chi connectivity index (χ0) is 12.5. The molecule has 0 fully saturated rings. The first-order chi connectivity index (χ1) is 8.26. The first-order valence-electron chi connectivity index (χ1n) is 6.62. The molecule has 96 valence electrons. The fourth-order valence-corrected chi connectivity index (χ4v) is 1.92. The first kappa shape index (κ1) is 14.2. The third-order valence-electron chi connectivity index (χ3n) is 2.91. The Bertz CT molecular complexity index is 294. The molecule has 1 rings (SSSR count). The quantitative estimate of drug-likeness (QED) is 0.751. The molecule has 0 aliphatic rings. The minimum absolute atomic E-state index is 0.663. The van der Waals surface area contributed by atoms with Gasteiger partial charge in [-0.2, -0.15) is 0 Å². The zero-order valence-corrected chi connectivity index (χ0v) is 11.1. The van der Waals surface area contributed by atoms with Crippen molar-refractivity contribution in [3.63, 3.8) is 0 Å². The van der Waals surface area contributed by atoms with Crippen LogP contribution in [0.25, 0.3) is 0 Å². The van der Waals surface area contributed by atoms with Gasteiger partial charge in [0.15, 0.2) is 0 Å². The molecule has 0 bridgehead atoms. The molecule has 0 radical (unpaired) electrons. The van der Waals surface area contributed by atoms with E-state index in [4.69, 9.17) is 10.5 Å². The summed E-state index contributed by atoms with van der Waals surface area (Å²) in [7, 11) is 0. The van der Waals surface area contributed by atoms with Gasteiger partial charge in [-0.3, -0.25) is 0 Å². The molecule has 0 aromatic heterocycles. The number of ether oxygens (including phenoxy) is 1. The molecule has 0 amide bonds. The van der Waals surface area contributed by atoms with Crippen LogP contribution in [0, 0.1) is 5.92 Å². The van der Waals surface area contributed by atoms with Crippen molar-refractivity contribution in [3.05, 3.63) is 35.4 Å². The largest absolute Gasteiger partial charge is 0.376 e. The molecule has 1 atom stereocenters. The van der Waals surface area contributed by atoms with Gasteiger partial charge in [0.1, 0.15) is 0 Å². The maximum absolute atomic E-state index is 5.71. The fraction of sp³-hybridized carbons (Fsp3) is 0.600. The molecule has 2 heteroatoms. The topological polar surface area (TPSA) is 35.2 Å². The van der Waals surface area contributed by atoms with Crippen LogP contribution in [0.15, 0.2) is 24.3 Å². The van der Waals surface area contributed by atoms with Gasteiger partial charge in [-0.1, -0.05) is 44.5 Å². The van der Waals surface area contributed by atoms with E-state index in [2.05, 4.69) is 38.1 Å². The number of hydrogen-bond donors (Lipinski definition) is 1. The maximum atomic E-state index is 5.71. The summed E-state index contributed by atoms with van der Waals surface area (Å²) in [6.07, 6.45) is 3.43. The van der Waals surface area contributed by atoms with Crippen LogP contribution in [-0.2, 0) is 17.8 Å². The Morgan fingerprint density at radius 3 is 2.41 bits per heavy atom. The van der Waals surface area contributed by atoms with E-state index in [1.165, 1.54) is 24.0 Å². The van der Waals surface area contributed by atoms with Crippen LogP contribution < -0.4 is 5.73 Å². The van der Waals surface area contributed by atoms with E-state index in [1.807, 2.05) is 0 Å². The molecule has 17 heavy (non-hydrogen) atoms. The van der Waals surface area contributed by atoms with Crippen LogP contribution in [0.5, 0.6) is 0 Å².